The van der Waals surface area contributed by atoms with E-state index in [2.05, 4.69) is 53.7 Å². The molecule has 0 fully saturated rings. The third-order valence-corrected chi connectivity index (χ3v) is 3.56. The Bertz CT molecular complexity index is 436. The number of aliphatic hydroxyl groups excluding tert-OH is 1. The Balaban J connectivity index is 3.12. The number of ether oxygens (including phenoxy) is 1. The molecular weight excluding hydrogens is 248 g/mol. The summed E-state index contributed by atoms with van der Waals surface area (Å²) in [7, 11) is 0. The summed E-state index contributed by atoms with van der Waals surface area (Å²) in [5.74, 6) is 0.887. The van der Waals surface area contributed by atoms with E-state index in [1.165, 1.54) is 11.1 Å². The van der Waals surface area contributed by atoms with Crippen molar-refractivity contribution in [3.05, 3.63) is 29.3 Å². The predicted molar refractivity (Wildman–Crippen MR) is 85.6 cm³/mol. The quantitative estimate of drug-likeness (QED) is 0.882. The fraction of sp³-hybridized carbons (Fsp3) is 0.667. The van der Waals surface area contributed by atoms with E-state index in [1.807, 2.05) is 13.0 Å². The van der Waals surface area contributed by atoms with E-state index in [4.69, 9.17) is 4.74 Å². The maximum Gasteiger partial charge on any atom is 0.123 e. The summed E-state index contributed by atoms with van der Waals surface area (Å²) >= 11 is 0. The van der Waals surface area contributed by atoms with E-state index in [-0.39, 0.29) is 10.8 Å². The van der Waals surface area contributed by atoms with Gasteiger partial charge in [-0.1, -0.05) is 60.6 Å². The Kier molecular flexibility index (Phi) is 5.26. The van der Waals surface area contributed by atoms with Crippen molar-refractivity contribution in [1.29, 1.82) is 0 Å². The summed E-state index contributed by atoms with van der Waals surface area (Å²) < 4.78 is 5.83. The standard InChI is InChI=1S/C18H30O2/c1-8-14(19)12-20-16-10-9-13(17(2,3)4)11-15(16)18(5,6)7/h9-11,14,19H,8,12H2,1-7H3. The van der Waals surface area contributed by atoms with Gasteiger partial charge in [0.2, 0.25) is 0 Å². The van der Waals surface area contributed by atoms with E-state index in [9.17, 15) is 5.11 Å². The molecule has 1 aromatic carbocycles. The first-order valence-electron chi connectivity index (χ1n) is 7.51. The Labute approximate surface area is 124 Å². The maximum atomic E-state index is 9.67. The smallest absolute Gasteiger partial charge is 0.123 e. The van der Waals surface area contributed by atoms with Gasteiger partial charge < -0.3 is 9.84 Å². The van der Waals surface area contributed by atoms with Crippen LogP contribution in [0.25, 0.3) is 0 Å². The second-order valence-corrected chi connectivity index (χ2v) is 7.58. The van der Waals surface area contributed by atoms with Gasteiger partial charge in [-0.15, -0.1) is 0 Å². The van der Waals surface area contributed by atoms with Gasteiger partial charge in [-0.25, -0.2) is 0 Å². The highest BCUT2D eigenvalue weighted by Gasteiger charge is 2.23. The SMILES string of the molecule is CCC(O)COc1ccc(C(C)(C)C)cc1C(C)(C)C. The van der Waals surface area contributed by atoms with Gasteiger partial charge in [-0.2, -0.15) is 0 Å². The molecule has 20 heavy (non-hydrogen) atoms. The third kappa shape index (κ3) is 4.52. The molecule has 0 aliphatic rings. The molecule has 1 N–H and O–H groups in total. The summed E-state index contributed by atoms with van der Waals surface area (Å²) in [4.78, 5) is 0. The molecule has 0 amide bonds. The molecule has 114 valence electrons. The van der Waals surface area contributed by atoms with Crippen molar-refractivity contribution < 1.29 is 9.84 Å². The summed E-state index contributed by atoms with van der Waals surface area (Å²) in [5.41, 5.74) is 2.66. The zero-order chi connectivity index (χ0) is 15.6. The van der Waals surface area contributed by atoms with Crippen LogP contribution >= 0.6 is 0 Å². The van der Waals surface area contributed by atoms with Gasteiger partial charge in [0.15, 0.2) is 0 Å². The number of rotatable bonds is 4. The van der Waals surface area contributed by atoms with Gasteiger partial charge in [-0.3, -0.25) is 0 Å². The molecule has 2 nitrogen and oxygen atoms in total. The van der Waals surface area contributed by atoms with Gasteiger partial charge in [-0.05, 0) is 34.4 Å². The van der Waals surface area contributed by atoms with Crippen molar-refractivity contribution in [3.63, 3.8) is 0 Å². The zero-order valence-corrected chi connectivity index (χ0v) is 14.1. The summed E-state index contributed by atoms with van der Waals surface area (Å²) in [6, 6.07) is 6.42. The molecule has 1 unspecified atom stereocenters. The summed E-state index contributed by atoms with van der Waals surface area (Å²) in [6.45, 7) is 15.5. The lowest BCUT2D eigenvalue weighted by molar-refractivity contribution is 0.103. The highest BCUT2D eigenvalue weighted by atomic mass is 16.5. The molecule has 0 aliphatic carbocycles. The normalized spacial score (nSPS) is 14.2. The minimum atomic E-state index is -0.398. The van der Waals surface area contributed by atoms with Gasteiger partial charge in [0, 0.05) is 0 Å². The molecule has 1 rings (SSSR count). The van der Waals surface area contributed by atoms with E-state index in [0.29, 0.717) is 13.0 Å². The largest absolute Gasteiger partial charge is 0.491 e. The second kappa shape index (κ2) is 6.17. The number of hydrogen-bond donors (Lipinski definition) is 1. The predicted octanol–water partition coefficient (Wildman–Crippen LogP) is 4.43. The van der Waals surface area contributed by atoms with Gasteiger partial charge in [0.25, 0.3) is 0 Å². The zero-order valence-electron chi connectivity index (χ0n) is 14.1. The average Bonchev–Trinajstić information content (AvgIpc) is 2.33. The van der Waals surface area contributed by atoms with Crippen LogP contribution in [-0.4, -0.2) is 17.8 Å². The number of benzene rings is 1. The third-order valence-electron chi connectivity index (χ3n) is 3.56. The Morgan fingerprint density at radius 3 is 2.10 bits per heavy atom. The molecule has 0 bridgehead atoms. The monoisotopic (exact) mass is 278 g/mol. The van der Waals surface area contributed by atoms with Crippen LogP contribution in [-0.2, 0) is 10.8 Å². The Morgan fingerprint density at radius 1 is 1.05 bits per heavy atom. The van der Waals surface area contributed by atoms with Crippen molar-refractivity contribution in [1.82, 2.24) is 0 Å². The van der Waals surface area contributed by atoms with Crippen LogP contribution in [0.5, 0.6) is 5.75 Å². The molecule has 1 atom stereocenters. The van der Waals surface area contributed by atoms with Crippen LogP contribution in [0.2, 0.25) is 0 Å². The topological polar surface area (TPSA) is 29.5 Å². The highest BCUT2D eigenvalue weighted by molar-refractivity contribution is 5.43. The molecule has 0 spiro atoms. The maximum absolute atomic E-state index is 9.67. The van der Waals surface area contributed by atoms with Crippen LogP contribution in [0.15, 0.2) is 18.2 Å². The van der Waals surface area contributed by atoms with Crippen molar-refractivity contribution in [2.24, 2.45) is 0 Å². The molecule has 0 saturated carbocycles. The number of hydrogen-bond acceptors (Lipinski definition) is 2. The van der Waals surface area contributed by atoms with Crippen LogP contribution in [0.1, 0.15) is 66.0 Å². The fourth-order valence-electron chi connectivity index (χ4n) is 2.01. The van der Waals surface area contributed by atoms with E-state index >= 15 is 0 Å². The Morgan fingerprint density at radius 2 is 1.65 bits per heavy atom. The minimum Gasteiger partial charge on any atom is -0.491 e. The minimum absolute atomic E-state index is 0.0216. The van der Waals surface area contributed by atoms with Crippen LogP contribution < -0.4 is 4.74 Å². The molecule has 0 aromatic heterocycles. The summed E-state index contributed by atoms with van der Waals surface area (Å²) in [6.07, 6.45) is 0.315. The molecule has 1 aromatic rings. The summed E-state index contributed by atoms with van der Waals surface area (Å²) in [5, 5.41) is 9.67. The lowest BCUT2D eigenvalue weighted by Gasteiger charge is -2.27. The molecule has 0 aliphatic heterocycles. The second-order valence-electron chi connectivity index (χ2n) is 7.58. The Hall–Kier alpha value is -1.02. The molecule has 0 radical (unpaired) electrons. The van der Waals surface area contributed by atoms with E-state index in [1.54, 1.807) is 0 Å². The van der Waals surface area contributed by atoms with E-state index < -0.39 is 6.10 Å². The van der Waals surface area contributed by atoms with Gasteiger partial charge in [0.1, 0.15) is 12.4 Å². The van der Waals surface area contributed by atoms with Crippen molar-refractivity contribution in [2.45, 2.75) is 71.8 Å². The lowest BCUT2D eigenvalue weighted by Crippen LogP contribution is -2.21. The average molecular weight is 278 g/mol. The van der Waals surface area contributed by atoms with Crippen LogP contribution in [0.3, 0.4) is 0 Å². The van der Waals surface area contributed by atoms with Crippen molar-refractivity contribution >= 4 is 0 Å². The molecule has 0 heterocycles. The highest BCUT2D eigenvalue weighted by Crippen LogP contribution is 2.35. The molecular formula is C18H30O2. The van der Waals surface area contributed by atoms with Crippen LogP contribution in [0.4, 0.5) is 0 Å². The van der Waals surface area contributed by atoms with Crippen LogP contribution in [0, 0.1) is 0 Å². The first-order valence-corrected chi connectivity index (χ1v) is 7.51. The lowest BCUT2D eigenvalue weighted by atomic mass is 9.80. The van der Waals surface area contributed by atoms with Crippen molar-refractivity contribution in [2.75, 3.05) is 6.61 Å². The van der Waals surface area contributed by atoms with Crippen molar-refractivity contribution in [3.8, 4) is 5.75 Å². The fourth-order valence-corrected chi connectivity index (χ4v) is 2.01. The van der Waals surface area contributed by atoms with Gasteiger partial charge in [0.05, 0.1) is 6.10 Å². The molecule has 0 saturated heterocycles. The first kappa shape index (κ1) is 17.0. The van der Waals surface area contributed by atoms with E-state index in [0.717, 1.165) is 5.75 Å². The van der Waals surface area contributed by atoms with Gasteiger partial charge >= 0.3 is 0 Å². The first-order chi connectivity index (χ1) is 9.05. The number of aliphatic hydroxyl groups is 1. The molecule has 2 heteroatoms.